The van der Waals surface area contributed by atoms with E-state index >= 15 is 0 Å². The molecule has 0 aromatic carbocycles. The molecule has 1 rings (SSSR count). The number of piperazine rings is 1. The minimum absolute atomic E-state index is 0.872. The van der Waals surface area contributed by atoms with Crippen LogP contribution in [0.2, 0.25) is 0 Å². The van der Waals surface area contributed by atoms with Crippen molar-refractivity contribution < 1.29 is 9.32 Å². The van der Waals surface area contributed by atoms with Gasteiger partial charge in [-0.25, -0.2) is 0 Å². The van der Waals surface area contributed by atoms with Crippen LogP contribution in [0, 0.1) is 0 Å². The lowest BCUT2D eigenvalue weighted by atomic mass is 10.4. The van der Waals surface area contributed by atoms with Crippen molar-refractivity contribution in [1.29, 1.82) is 0 Å². The molecule has 1 aliphatic heterocycles. The molecule has 0 aromatic heterocycles. The Morgan fingerprint density at radius 2 is 1.80 bits per heavy atom. The molecule has 0 unspecified atom stereocenters. The van der Waals surface area contributed by atoms with E-state index in [1.807, 2.05) is 0 Å². The SMILES string of the molecule is CN1CCN(OOS)CC1. The van der Waals surface area contributed by atoms with Gasteiger partial charge in [-0.2, -0.15) is 5.06 Å². The summed E-state index contributed by atoms with van der Waals surface area (Å²) in [5.74, 6) is 0. The Balaban J connectivity index is 2.13. The lowest BCUT2D eigenvalue weighted by Crippen LogP contribution is -2.43. The fourth-order valence-electron chi connectivity index (χ4n) is 0.910. The molecule has 60 valence electrons. The van der Waals surface area contributed by atoms with E-state index in [1.54, 1.807) is 5.06 Å². The van der Waals surface area contributed by atoms with Crippen molar-refractivity contribution in [2.75, 3.05) is 33.2 Å². The molecule has 0 saturated carbocycles. The molecule has 0 aromatic rings. The fraction of sp³-hybridized carbons (Fsp3) is 1.00. The minimum atomic E-state index is 0.872. The van der Waals surface area contributed by atoms with E-state index in [2.05, 4.69) is 29.2 Å². The van der Waals surface area contributed by atoms with E-state index in [4.69, 9.17) is 4.99 Å². The molecule has 0 amide bonds. The molecule has 1 saturated heterocycles. The summed E-state index contributed by atoms with van der Waals surface area (Å²) >= 11 is 3.48. The normalized spacial score (nSPS) is 23.4. The van der Waals surface area contributed by atoms with Gasteiger partial charge in [0, 0.05) is 39.1 Å². The zero-order valence-electron chi connectivity index (χ0n) is 5.99. The molecule has 4 nitrogen and oxygen atoms in total. The Hall–Kier alpha value is 0.190. The summed E-state index contributed by atoms with van der Waals surface area (Å²) in [7, 11) is 2.08. The number of likely N-dealkylation sites (N-methyl/N-ethyl adjacent to an activating group) is 1. The van der Waals surface area contributed by atoms with Crippen molar-refractivity contribution in [2.24, 2.45) is 0 Å². The van der Waals surface area contributed by atoms with Gasteiger partial charge in [0.25, 0.3) is 0 Å². The predicted octanol–water partition coefficient (Wildman–Crippen LogP) is -0.0582. The van der Waals surface area contributed by atoms with Gasteiger partial charge in [-0.1, -0.05) is 0 Å². The van der Waals surface area contributed by atoms with Crippen LogP contribution in [0.4, 0.5) is 0 Å². The van der Waals surface area contributed by atoms with Crippen LogP contribution in [0.1, 0.15) is 0 Å². The van der Waals surface area contributed by atoms with Crippen LogP contribution < -0.4 is 0 Å². The van der Waals surface area contributed by atoms with Crippen LogP contribution >= 0.6 is 12.9 Å². The first kappa shape index (κ1) is 8.29. The number of nitrogens with zero attached hydrogens (tertiary/aromatic N) is 2. The third kappa shape index (κ3) is 2.43. The highest BCUT2D eigenvalue weighted by Crippen LogP contribution is 2.00. The van der Waals surface area contributed by atoms with Gasteiger partial charge in [-0.05, 0) is 7.05 Å². The summed E-state index contributed by atoms with van der Waals surface area (Å²) in [6, 6.07) is 0. The average molecular weight is 164 g/mol. The predicted molar refractivity (Wildman–Crippen MR) is 40.2 cm³/mol. The van der Waals surface area contributed by atoms with Crippen LogP contribution in [-0.2, 0) is 9.32 Å². The van der Waals surface area contributed by atoms with Gasteiger partial charge >= 0.3 is 0 Å². The number of hydrogen-bond acceptors (Lipinski definition) is 5. The van der Waals surface area contributed by atoms with Gasteiger partial charge in [0.15, 0.2) is 0 Å². The third-order valence-corrected chi connectivity index (χ3v) is 1.67. The molecule has 1 aliphatic rings. The second-order valence-electron chi connectivity index (χ2n) is 2.38. The monoisotopic (exact) mass is 164 g/mol. The number of hydrogen-bond donors (Lipinski definition) is 1. The van der Waals surface area contributed by atoms with Crippen molar-refractivity contribution in [3.63, 3.8) is 0 Å². The molecule has 1 heterocycles. The molecular formula is C5H12N2O2S. The number of thiol groups is 1. The molecule has 10 heavy (non-hydrogen) atoms. The van der Waals surface area contributed by atoms with Gasteiger partial charge in [0.1, 0.15) is 0 Å². The lowest BCUT2D eigenvalue weighted by molar-refractivity contribution is -0.363. The summed E-state index contributed by atoms with van der Waals surface area (Å²) in [4.78, 5) is 6.94. The summed E-state index contributed by atoms with van der Waals surface area (Å²) < 4.78 is 4.22. The van der Waals surface area contributed by atoms with E-state index in [0.717, 1.165) is 26.2 Å². The Morgan fingerprint density at radius 1 is 1.20 bits per heavy atom. The van der Waals surface area contributed by atoms with E-state index < -0.39 is 0 Å². The van der Waals surface area contributed by atoms with E-state index in [9.17, 15) is 0 Å². The van der Waals surface area contributed by atoms with Crippen molar-refractivity contribution in [1.82, 2.24) is 9.96 Å². The lowest BCUT2D eigenvalue weighted by Gasteiger charge is -2.29. The van der Waals surface area contributed by atoms with Gasteiger partial charge in [-0.3, -0.25) is 0 Å². The molecule has 0 spiro atoms. The maximum atomic E-state index is 4.70. The van der Waals surface area contributed by atoms with E-state index in [1.165, 1.54) is 0 Å². The minimum Gasteiger partial charge on any atom is -0.304 e. The van der Waals surface area contributed by atoms with Gasteiger partial charge < -0.3 is 4.90 Å². The Labute approximate surface area is 66.2 Å². The van der Waals surface area contributed by atoms with Crippen LogP contribution in [-0.4, -0.2) is 43.2 Å². The Bertz CT molecular complexity index is 95.6. The molecule has 5 heteroatoms. The maximum Gasteiger partial charge on any atom is 0.0399 e. The summed E-state index contributed by atoms with van der Waals surface area (Å²) in [6.45, 7) is 3.77. The van der Waals surface area contributed by atoms with Gasteiger partial charge in [-0.15, -0.1) is 9.32 Å². The van der Waals surface area contributed by atoms with Crippen LogP contribution in [0.5, 0.6) is 0 Å². The summed E-state index contributed by atoms with van der Waals surface area (Å²) in [6.07, 6.45) is 0. The molecule has 0 radical (unpaired) electrons. The third-order valence-electron chi connectivity index (χ3n) is 1.60. The molecule has 0 aliphatic carbocycles. The quantitative estimate of drug-likeness (QED) is 0.267. The molecular weight excluding hydrogens is 152 g/mol. The first-order valence-corrected chi connectivity index (χ1v) is 3.61. The average Bonchev–Trinajstić information content (AvgIpc) is 1.95. The van der Waals surface area contributed by atoms with Crippen molar-refractivity contribution in [3.8, 4) is 0 Å². The summed E-state index contributed by atoms with van der Waals surface area (Å²) in [5, 5.41) is 1.74. The Kier molecular flexibility index (Phi) is 3.44. The van der Waals surface area contributed by atoms with Crippen molar-refractivity contribution in [3.05, 3.63) is 0 Å². The highest BCUT2D eigenvalue weighted by Gasteiger charge is 2.13. The highest BCUT2D eigenvalue weighted by atomic mass is 32.1. The molecule has 0 bridgehead atoms. The maximum absolute atomic E-state index is 4.70. The topological polar surface area (TPSA) is 24.9 Å². The smallest absolute Gasteiger partial charge is 0.0399 e. The first-order valence-electron chi connectivity index (χ1n) is 3.24. The zero-order chi connectivity index (χ0) is 7.40. The number of hydroxylamine groups is 2. The largest absolute Gasteiger partial charge is 0.304 e. The van der Waals surface area contributed by atoms with Gasteiger partial charge in [0.2, 0.25) is 0 Å². The standard InChI is InChI=1S/C5H12N2O2S/c1-6-2-4-7(5-3-6)8-9-10/h10H,2-5H2,1H3. The number of rotatable bonds is 2. The highest BCUT2D eigenvalue weighted by molar-refractivity contribution is 7.74. The van der Waals surface area contributed by atoms with Crippen molar-refractivity contribution >= 4 is 12.9 Å². The zero-order valence-corrected chi connectivity index (χ0v) is 6.88. The second-order valence-corrected chi connectivity index (χ2v) is 2.53. The van der Waals surface area contributed by atoms with E-state index in [-0.39, 0.29) is 0 Å². The first-order chi connectivity index (χ1) is 4.83. The molecule has 0 atom stereocenters. The van der Waals surface area contributed by atoms with Crippen LogP contribution in [0.25, 0.3) is 0 Å². The van der Waals surface area contributed by atoms with E-state index in [0.29, 0.717) is 0 Å². The fourth-order valence-corrected chi connectivity index (χ4v) is 1.00. The molecule has 0 N–H and O–H groups in total. The van der Waals surface area contributed by atoms with Gasteiger partial charge in [0.05, 0.1) is 0 Å². The van der Waals surface area contributed by atoms with Crippen LogP contribution in [0.15, 0.2) is 0 Å². The Morgan fingerprint density at radius 3 is 2.30 bits per heavy atom. The van der Waals surface area contributed by atoms with Crippen LogP contribution in [0.3, 0.4) is 0 Å². The molecule has 1 fully saturated rings. The summed E-state index contributed by atoms with van der Waals surface area (Å²) in [5.41, 5.74) is 0. The van der Waals surface area contributed by atoms with Crippen molar-refractivity contribution in [2.45, 2.75) is 0 Å². The second kappa shape index (κ2) is 4.15.